The van der Waals surface area contributed by atoms with Crippen molar-refractivity contribution in [2.45, 2.75) is 32.2 Å². The summed E-state index contributed by atoms with van der Waals surface area (Å²) in [6.07, 6.45) is -2.53. The summed E-state index contributed by atoms with van der Waals surface area (Å²) in [5.41, 5.74) is -1.94. The van der Waals surface area contributed by atoms with Gasteiger partial charge >= 0.3 is 6.18 Å². The fourth-order valence-electron chi connectivity index (χ4n) is 2.86. The Kier molecular flexibility index (Phi) is 5.14. The predicted molar refractivity (Wildman–Crippen MR) is 98.2 cm³/mol. The van der Waals surface area contributed by atoms with Crippen LogP contribution in [0.5, 0.6) is 0 Å². The van der Waals surface area contributed by atoms with Crippen molar-refractivity contribution in [2.75, 3.05) is 5.32 Å². The molecule has 0 saturated carbocycles. The van der Waals surface area contributed by atoms with Gasteiger partial charge in [-0.05, 0) is 38.1 Å². The number of carbonyl (C=O) groups excluding carboxylic acids is 2. The lowest BCUT2D eigenvalue weighted by Crippen LogP contribution is -2.22. The minimum atomic E-state index is -4.68. The summed E-state index contributed by atoms with van der Waals surface area (Å²) in [6.45, 7) is 2.99. The second kappa shape index (κ2) is 7.28. The maximum absolute atomic E-state index is 12.9. The van der Waals surface area contributed by atoms with Crippen LogP contribution in [0, 0.1) is 0 Å². The third kappa shape index (κ3) is 4.27. The molecule has 0 atom stereocenters. The third-order valence-corrected chi connectivity index (χ3v) is 4.21. The number of alkyl halides is 3. The van der Waals surface area contributed by atoms with Gasteiger partial charge in [-0.15, -0.1) is 0 Å². The van der Waals surface area contributed by atoms with Gasteiger partial charge in [0.05, 0.1) is 23.9 Å². The first-order valence-electron chi connectivity index (χ1n) is 8.52. The van der Waals surface area contributed by atoms with Gasteiger partial charge in [0.25, 0.3) is 5.91 Å². The number of hydrogen-bond acceptors (Lipinski definition) is 5. The van der Waals surface area contributed by atoms with Crippen molar-refractivity contribution in [3.63, 3.8) is 0 Å². The number of nitrogens with one attached hydrogen (secondary N) is 1. The average Bonchev–Trinajstić information content (AvgIpc) is 3.02. The topological polar surface area (TPSA) is 97.1 Å². The molecule has 7 nitrogen and oxygen atoms in total. The van der Waals surface area contributed by atoms with E-state index in [4.69, 9.17) is 0 Å². The van der Waals surface area contributed by atoms with Crippen LogP contribution < -0.4 is 5.32 Å². The van der Waals surface area contributed by atoms with E-state index in [-0.39, 0.29) is 12.2 Å². The van der Waals surface area contributed by atoms with Crippen LogP contribution >= 0.6 is 0 Å². The molecule has 0 bridgehead atoms. The Morgan fingerprint density at radius 3 is 2.62 bits per heavy atom. The molecule has 1 aromatic carbocycles. The zero-order valence-electron chi connectivity index (χ0n) is 15.5. The van der Waals surface area contributed by atoms with Crippen LogP contribution in [-0.2, 0) is 23.1 Å². The number of anilines is 1. The number of pyridine rings is 1. The van der Waals surface area contributed by atoms with Crippen molar-refractivity contribution in [1.29, 1.82) is 0 Å². The predicted octanol–water partition coefficient (Wildman–Crippen LogP) is 3.13. The highest BCUT2D eigenvalue weighted by Gasteiger charge is 2.33. The lowest BCUT2D eigenvalue weighted by atomic mass is 9.95. The van der Waals surface area contributed by atoms with Crippen LogP contribution in [0.2, 0.25) is 0 Å². The summed E-state index contributed by atoms with van der Waals surface area (Å²) >= 11 is 0. The number of benzene rings is 1. The van der Waals surface area contributed by atoms with Crippen LogP contribution in [0.4, 0.5) is 18.9 Å². The largest absolute Gasteiger partial charge is 0.433 e. The van der Waals surface area contributed by atoms with Gasteiger partial charge in [-0.1, -0.05) is 6.07 Å². The molecule has 3 rings (SSSR count). The van der Waals surface area contributed by atoms with E-state index in [1.165, 1.54) is 30.8 Å². The summed E-state index contributed by atoms with van der Waals surface area (Å²) in [5.74, 6) is -0.860. The van der Waals surface area contributed by atoms with Gasteiger partial charge in [0, 0.05) is 16.6 Å². The fraction of sp³-hybridized carbons (Fsp3) is 0.263. The SMILES string of the molecule is CC(C)(O)c1cc2c(cnn2CC=O)cc1NC(=O)c1cccc(C(F)(F)F)n1. The van der Waals surface area contributed by atoms with Crippen LogP contribution in [-0.4, -0.2) is 32.1 Å². The standard InChI is InChI=1S/C19H17F3N4O3/c1-18(2,29)12-9-15-11(10-23-26(15)6-7-27)8-14(12)25-17(28)13-4-3-5-16(24-13)19(20,21)22/h3-5,7-10,29H,6H2,1-2H3,(H,25,28). The Bertz CT molecular complexity index is 1080. The summed E-state index contributed by atoms with van der Waals surface area (Å²) < 4.78 is 40.0. The molecule has 3 aromatic rings. The molecular weight excluding hydrogens is 389 g/mol. The number of aromatic nitrogens is 3. The molecule has 2 N–H and O–H groups in total. The highest BCUT2D eigenvalue weighted by Crippen LogP contribution is 2.33. The Morgan fingerprint density at radius 2 is 2.00 bits per heavy atom. The molecule has 2 heterocycles. The minimum absolute atomic E-state index is 0.00859. The average molecular weight is 406 g/mol. The number of fused-ring (bicyclic) bond motifs is 1. The van der Waals surface area contributed by atoms with E-state index in [0.717, 1.165) is 18.2 Å². The molecule has 0 radical (unpaired) electrons. The minimum Gasteiger partial charge on any atom is -0.386 e. The smallest absolute Gasteiger partial charge is 0.386 e. The lowest BCUT2D eigenvalue weighted by Gasteiger charge is -2.22. The summed E-state index contributed by atoms with van der Waals surface area (Å²) in [6, 6.07) is 6.12. The molecular formula is C19H17F3N4O3. The number of aliphatic hydroxyl groups is 1. The van der Waals surface area contributed by atoms with Gasteiger partial charge < -0.3 is 15.2 Å². The zero-order valence-corrected chi connectivity index (χ0v) is 15.5. The number of rotatable bonds is 5. The third-order valence-electron chi connectivity index (χ3n) is 4.21. The Balaban J connectivity index is 2.03. The number of hydrogen-bond donors (Lipinski definition) is 2. The molecule has 10 heteroatoms. The first-order valence-corrected chi connectivity index (χ1v) is 8.52. The summed E-state index contributed by atoms with van der Waals surface area (Å²) in [7, 11) is 0. The van der Waals surface area contributed by atoms with Crippen LogP contribution in [0.15, 0.2) is 36.5 Å². The molecule has 0 unspecified atom stereocenters. The quantitative estimate of drug-likeness (QED) is 0.635. The first-order chi connectivity index (χ1) is 13.5. The zero-order chi connectivity index (χ0) is 21.4. The number of halogens is 3. The van der Waals surface area contributed by atoms with Crippen molar-refractivity contribution < 1.29 is 27.9 Å². The van der Waals surface area contributed by atoms with Crippen LogP contribution in [0.3, 0.4) is 0 Å². The molecule has 29 heavy (non-hydrogen) atoms. The second-order valence-electron chi connectivity index (χ2n) is 6.87. The van der Waals surface area contributed by atoms with Crippen molar-refractivity contribution in [3.8, 4) is 0 Å². The van der Waals surface area contributed by atoms with E-state index in [2.05, 4.69) is 15.4 Å². The molecule has 0 aliphatic carbocycles. The van der Waals surface area contributed by atoms with E-state index in [1.807, 2.05) is 0 Å². The molecule has 2 aromatic heterocycles. The number of carbonyl (C=O) groups is 2. The van der Waals surface area contributed by atoms with E-state index in [0.29, 0.717) is 22.8 Å². The van der Waals surface area contributed by atoms with Crippen molar-refractivity contribution >= 4 is 28.8 Å². The second-order valence-corrected chi connectivity index (χ2v) is 6.87. The first kappa shape index (κ1) is 20.5. The maximum atomic E-state index is 12.9. The fourth-order valence-corrected chi connectivity index (χ4v) is 2.86. The van der Waals surface area contributed by atoms with Gasteiger partial charge in [-0.25, -0.2) is 4.98 Å². The maximum Gasteiger partial charge on any atom is 0.433 e. The number of amides is 1. The van der Waals surface area contributed by atoms with E-state index in [9.17, 15) is 27.9 Å². The lowest BCUT2D eigenvalue weighted by molar-refractivity contribution is -0.141. The molecule has 0 aliphatic rings. The van der Waals surface area contributed by atoms with Gasteiger partial charge in [-0.2, -0.15) is 18.3 Å². The molecule has 0 fully saturated rings. The Morgan fingerprint density at radius 1 is 1.28 bits per heavy atom. The van der Waals surface area contributed by atoms with Gasteiger partial charge in [0.15, 0.2) is 0 Å². The number of nitrogens with zero attached hydrogens (tertiary/aromatic N) is 3. The van der Waals surface area contributed by atoms with Gasteiger partial charge in [0.2, 0.25) is 0 Å². The van der Waals surface area contributed by atoms with Gasteiger partial charge in [-0.3, -0.25) is 9.48 Å². The summed E-state index contributed by atoms with van der Waals surface area (Å²) in [4.78, 5) is 26.7. The monoisotopic (exact) mass is 406 g/mol. The van der Waals surface area contributed by atoms with E-state index < -0.39 is 29.1 Å². The van der Waals surface area contributed by atoms with Crippen molar-refractivity contribution in [3.05, 3.63) is 53.5 Å². The van der Waals surface area contributed by atoms with Crippen molar-refractivity contribution in [1.82, 2.24) is 14.8 Å². The Hall–Kier alpha value is -3.27. The van der Waals surface area contributed by atoms with E-state index >= 15 is 0 Å². The number of aldehydes is 1. The molecule has 0 spiro atoms. The van der Waals surface area contributed by atoms with Crippen LogP contribution in [0.25, 0.3) is 10.9 Å². The highest BCUT2D eigenvalue weighted by molar-refractivity contribution is 6.04. The molecule has 1 amide bonds. The molecule has 0 saturated heterocycles. The highest BCUT2D eigenvalue weighted by atomic mass is 19.4. The van der Waals surface area contributed by atoms with E-state index in [1.54, 1.807) is 6.07 Å². The Labute approximate surface area is 163 Å². The molecule has 0 aliphatic heterocycles. The normalized spacial score (nSPS) is 12.2. The van der Waals surface area contributed by atoms with Crippen molar-refractivity contribution in [2.24, 2.45) is 0 Å². The summed E-state index contributed by atoms with van der Waals surface area (Å²) in [5, 5.41) is 17.7. The van der Waals surface area contributed by atoms with Crippen LogP contribution in [0.1, 0.15) is 35.6 Å². The molecule has 152 valence electrons. The van der Waals surface area contributed by atoms with Gasteiger partial charge in [0.1, 0.15) is 17.7 Å².